The van der Waals surface area contributed by atoms with E-state index in [0.29, 0.717) is 24.4 Å². The number of oxazole rings is 1. The van der Waals surface area contributed by atoms with Crippen molar-refractivity contribution in [3.63, 3.8) is 0 Å². The molecule has 1 saturated carbocycles. The monoisotopic (exact) mass is 331 g/mol. The predicted octanol–water partition coefficient (Wildman–Crippen LogP) is 4.52. The van der Waals surface area contributed by atoms with E-state index in [1.165, 1.54) is 0 Å². The number of nitrogens with one attached hydrogen (secondary N) is 1. The first kappa shape index (κ1) is 15.4. The minimum absolute atomic E-state index is 0.206. The minimum atomic E-state index is -0.876. The molecule has 2 aromatic carbocycles. The van der Waals surface area contributed by atoms with Gasteiger partial charge in [-0.25, -0.2) is 4.98 Å². The number of nitriles is 1. The molecule has 0 unspecified atom stereocenters. The molecule has 1 N–H and O–H groups in total. The van der Waals surface area contributed by atoms with Gasteiger partial charge in [0.05, 0.1) is 6.07 Å². The summed E-state index contributed by atoms with van der Waals surface area (Å²) in [6, 6.07) is 17.1. The Labute approximate surface area is 145 Å². The summed E-state index contributed by atoms with van der Waals surface area (Å²) in [6.45, 7) is 0. The summed E-state index contributed by atoms with van der Waals surface area (Å²) < 4.78 is 5.75. The molecule has 4 rings (SSSR count). The second-order valence-electron chi connectivity index (χ2n) is 6.42. The topological polar surface area (TPSA) is 78.9 Å². The number of carbonyl (C=O) groups excluding carboxylic acids is 1. The number of aromatic nitrogens is 1. The molecule has 0 bridgehead atoms. The van der Waals surface area contributed by atoms with Crippen molar-refractivity contribution in [2.75, 3.05) is 5.32 Å². The lowest BCUT2D eigenvalue weighted by molar-refractivity contribution is -0.122. The van der Waals surface area contributed by atoms with Crippen molar-refractivity contribution < 1.29 is 9.21 Å². The summed E-state index contributed by atoms with van der Waals surface area (Å²) in [5.74, 6) is 0.338. The molecule has 25 heavy (non-hydrogen) atoms. The zero-order chi connectivity index (χ0) is 17.3. The minimum Gasteiger partial charge on any atom is -0.436 e. The second kappa shape index (κ2) is 6.06. The van der Waals surface area contributed by atoms with Gasteiger partial charge in [0.15, 0.2) is 5.58 Å². The van der Waals surface area contributed by atoms with Gasteiger partial charge in [-0.2, -0.15) is 5.26 Å². The molecule has 0 spiro atoms. The zero-order valence-corrected chi connectivity index (χ0v) is 13.7. The van der Waals surface area contributed by atoms with E-state index in [1.54, 1.807) is 0 Å². The molecule has 124 valence electrons. The maximum atomic E-state index is 12.5. The highest BCUT2D eigenvalue weighted by Crippen LogP contribution is 2.38. The van der Waals surface area contributed by atoms with E-state index in [2.05, 4.69) is 16.4 Å². The van der Waals surface area contributed by atoms with E-state index in [-0.39, 0.29) is 5.91 Å². The van der Waals surface area contributed by atoms with Crippen LogP contribution in [0.4, 0.5) is 5.69 Å². The van der Waals surface area contributed by atoms with Gasteiger partial charge in [0, 0.05) is 11.3 Å². The molecule has 0 radical (unpaired) electrons. The average molecular weight is 331 g/mol. The molecular formula is C20H17N3O2. The smallest absolute Gasteiger partial charge is 0.244 e. The molecule has 5 heteroatoms. The zero-order valence-electron chi connectivity index (χ0n) is 13.7. The summed E-state index contributed by atoms with van der Waals surface area (Å²) in [5, 5.41) is 12.3. The second-order valence-corrected chi connectivity index (χ2v) is 6.42. The highest BCUT2D eigenvalue weighted by Gasteiger charge is 2.41. The van der Waals surface area contributed by atoms with Gasteiger partial charge < -0.3 is 9.73 Å². The fourth-order valence-electron chi connectivity index (χ4n) is 3.31. The van der Waals surface area contributed by atoms with Crippen molar-refractivity contribution in [2.45, 2.75) is 25.7 Å². The third kappa shape index (κ3) is 2.76. The first-order valence-corrected chi connectivity index (χ1v) is 8.39. The predicted molar refractivity (Wildman–Crippen MR) is 94.6 cm³/mol. The number of para-hydroxylation sites is 2. The van der Waals surface area contributed by atoms with Crippen LogP contribution in [0.5, 0.6) is 0 Å². The van der Waals surface area contributed by atoms with Crippen LogP contribution in [0.1, 0.15) is 25.7 Å². The van der Waals surface area contributed by atoms with Crippen molar-refractivity contribution in [2.24, 2.45) is 5.41 Å². The van der Waals surface area contributed by atoms with Gasteiger partial charge in [0.25, 0.3) is 0 Å². The largest absolute Gasteiger partial charge is 0.436 e. The van der Waals surface area contributed by atoms with E-state index >= 15 is 0 Å². The molecule has 1 fully saturated rings. The SMILES string of the molecule is N#CC1(C(=O)Nc2ccc(-c3nc4ccccc4o3)cc2)CCCC1. The number of fused-ring (bicyclic) bond motifs is 1. The van der Waals surface area contributed by atoms with Crippen LogP contribution in [0.15, 0.2) is 52.9 Å². The number of benzene rings is 2. The van der Waals surface area contributed by atoms with Crippen LogP contribution in [0, 0.1) is 16.7 Å². The Morgan fingerprint density at radius 3 is 2.52 bits per heavy atom. The van der Waals surface area contributed by atoms with Crippen molar-refractivity contribution in [1.82, 2.24) is 4.98 Å². The number of nitrogens with zero attached hydrogens (tertiary/aromatic N) is 2. The number of hydrogen-bond donors (Lipinski definition) is 1. The Bertz CT molecular complexity index is 928. The van der Waals surface area contributed by atoms with E-state index in [9.17, 15) is 10.1 Å². The van der Waals surface area contributed by atoms with Crippen LogP contribution in [0.3, 0.4) is 0 Å². The Hall–Kier alpha value is -3.13. The van der Waals surface area contributed by atoms with Gasteiger partial charge in [0.1, 0.15) is 10.9 Å². The molecule has 0 atom stereocenters. The lowest BCUT2D eigenvalue weighted by atomic mass is 9.87. The van der Waals surface area contributed by atoms with Crippen LogP contribution in [0.25, 0.3) is 22.6 Å². The number of amides is 1. The van der Waals surface area contributed by atoms with E-state index < -0.39 is 5.41 Å². The van der Waals surface area contributed by atoms with Crippen molar-refractivity contribution >= 4 is 22.7 Å². The highest BCUT2D eigenvalue weighted by molar-refractivity contribution is 5.97. The summed E-state index contributed by atoms with van der Waals surface area (Å²) >= 11 is 0. The van der Waals surface area contributed by atoms with Gasteiger partial charge in [0.2, 0.25) is 11.8 Å². The Morgan fingerprint density at radius 2 is 1.84 bits per heavy atom. The fraction of sp³-hybridized carbons (Fsp3) is 0.250. The van der Waals surface area contributed by atoms with Crippen LogP contribution < -0.4 is 5.32 Å². The van der Waals surface area contributed by atoms with Gasteiger partial charge in [-0.15, -0.1) is 0 Å². The van der Waals surface area contributed by atoms with Gasteiger partial charge >= 0.3 is 0 Å². The number of hydrogen-bond acceptors (Lipinski definition) is 4. The summed E-state index contributed by atoms with van der Waals surface area (Å²) in [6.07, 6.45) is 3.13. The van der Waals surface area contributed by atoms with Gasteiger partial charge in [-0.05, 0) is 49.2 Å². The highest BCUT2D eigenvalue weighted by atomic mass is 16.3. The number of carbonyl (C=O) groups is 1. The molecule has 1 aliphatic rings. The molecular weight excluding hydrogens is 314 g/mol. The van der Waals surface area contributed by atoms with Gasteiger partial charge in [-0.3, -0.25) is 4.79 Å². The normalized spacial score (nSPS) is 15.8. The van der Waals surface area contributed by atoms with E-state index in [4.69, 9.17) is 4.42 Å². The maximum absolute atomic E-state index is 12.5. The fourth-order valence-corrected chi connectivity index (χ4v) is 3.31. The quantitative estimate of drug-likeness (QED) is 0.765. The molecule has 1 aliphatic carbocycles. The molecule has 1 heterocycles. The van der Waals surface area contributed by atoms with Gasteiger partial charge in [-0.1, -0.05) is 25.0 Å². The first-order valence-electron chi connectivity index (χ1n) is 8.39. The lowest BCUT2D eigenvalue weighted by Gasteiger charge is -2.19. The summed E-state index contributed by atoms with van der Waals surface area (Å²) in [4.78, 5) is 16.9. The summed E-state index contributed by atoms with van der Waals surface area (Å²) in [7, 11) is 0. The molecule has 3 aromatic rings. The number of rotatable bonds is 3. The molecule has 0 saturated heterocycles. The van der Waals surface area contributed by atoms with Crippen molar-refractivity contribution in [1.29, 1.82) is 5.26 Å². The Balaban J connectivity index is 1.54. The molecule has 0 aliphatic heterocycles. The van der Waals surface area contributed by atoms with Crippen LogP contribution in [-0.4, -0.2) is 10.9 Å². The standard InChI is InChI=1S/C20H17N3O2/c21-13-20(11-3-4-12-20)19(24)22-15-9-7-14(8-10-15)18-23-16-5-1-2-6-17(16)25-18/h1-2,5-10H,3-4,11-12H2,(H,22,24). The average Bonchev–Trinajstić information content (AvgIpc) is 3.30. The summed E-state index contributed by atoms with van der Waals surface area (Å²) in [5.41, 5.74) is 2.19. The van der Waals surface area contributed by atoms with Crippen molar-refractivity contribution in [3.8, 4) is 17.5 Å². The van der Waals surface area contributed by atoms with Crippen LogP contribution in [0.2, 0.25) is 0 Å². The number of anilines is 1. The van der Waals surface area contributed by atoms with E-state index in [1.807, 2.05) is 48.5 Å². The van der Waals surface area contributed by atoms with Crippen molar-refractivity contribution in [3.05, 3.63) is 48.5 Å². The third-order valence-electron chi connectivity index (χ3n) is 4.79. The van der Waals surface area contributed by atoms with E-state index in [0.717, 1.165) is 29.5 Å². The van der Waals surface area contributed by atoms with Crippen LogP contribution >= 0.6 is 0 Å². The third-order valence-corrected chi connectivity index (χ3v) is 4.79. The van der Waals surface area contributed by atoms with Crippen LogP contribution in [-0.2, 0) is 4.79 Å². The first-order chi connectivity index (χ1) is 12.2. The Kier molecular flexibility index (Phi) is 3.73. The molecule has 5 nitrogen and oxygen atoms in total. The molecule has 1 aromatic heterocycles. The molecule has 1 amide bonds. The Morgan fingerprint density at radius 1 is 1.12 bits per heavy atom. The maximum Gasteiger partial charge on any atom is 0.244 e. The lowest BCUT2D eigenvalue weighted by Crippen LogP contribution is -2.32.